The largest absolute Gasteiger partial charge is 0.490 e. The number of anilines is 3. The maximum Gasteiger partial charge on any atom is 0.490 e. The molecular formula is C31H31ClF6N6O6S. The maximum atomic E-state index is 13.5. The van der Waals surface area contributed by atoms with Gasteiger partial charge in [0.25, 0.3) is 0 Å². The van der Waals surface area contributed by atoms with Crippen LogP contribution in [0.2, 0.25) is 5.02 Å². The van der Waals surface area contributed by atoms with E-state index >= 15 is 0 Å². The highest BCUT2D eigenvalue weighted by Gasteiger charge is 2.38. The van der Waals surface area contributed by atoms with Crippen LogP contribution in [0.25, 0.3) is 6.08 Å². The van der Waals surface area contributed by atoms with Gasteiger partial charge in [-0.05, 0) is 48.9 Å². The zero-order chi connectivity index (χ0) is 37.6. The first kappa shape index (κ1) is 39.2. The van der Waals surface area contributed by atoms with E-state index in [1.165, 1.54) is 30.8 Å². The second-order valence-corrected chi connectivity index (χ2v) is 14.0. The number of carboxylic acid groups (broad SMARTS) is 1. The van der Waals surface area contributed by atoms with Crippen LogP contribution in [-0.4, -0.2) is 103 Å². The van der Waals surface area contributed by atoms with Gasteiger partial charge in [-0.2, -0.15) is 26.3 Å². The van der Waals surface area contributed by atoms with E-state index in [2.05, 4.69) is 20.6 Å². The third-order valence-corrected chi connectivity index (χ3v) is 8.65. The number of aliphatic carboxylic acids is 1. The van der Waals surface area contributed by atoms with Crippen molar-refractivity contribution in [2.24, 2.45) is 0 Å². The fourth-order valence-electron chi connectivity index (χ4n) is 4.84. The molecule has 0 bridgehead atoms. The molecule has 0 aliphatic carbocycles. The van der Waals surface area contributed by atoms with Gasteiger partial charge in [0.1, 0.15) is 39.3 Å². The van der Waals surface area contributed by atoms with Crippen molar-refractivity contribution in [1.82, 2.24) is 19.8 Å². The minimum Gasteiger partial charge on any atom is -0.475 e. The quantitative estimate of drug-likeness (QED) is 0.242. The number of piperazine rings is 1. The molecule has 276 valence electrons. The van der Waals surface area contributed by atoms with E-state index in [9.17, 15) is 39.6 Å². The van der Waals surface area contributed by atoms with Gasteiger partial charge in [0.15, 0.2) is 0 Å². The Morgan fingerprint density at radius 3 is 2.33 bits per heavy atom. The number of hydrogen-bond donors (Lipinski definition) is 3. The number of carbonyl (C=O) groups excluding carboxylic acids is 1. The molecule has 2 aliphatic rings. The second kappa shape index (κ2) is 16.2. The normalized spacial score (nSPS) is 15.3. The lowest BCUT2D eigenvalue weighted by atomic mass is 10.1. The Labute approximate surface area is 293 Å². The zero-order valence-corrected chi connectivity index (χ0v) is 28.3. The first-order valence-electron chi connectivity index (χ1n) is 15.0. The van der Waals surface area contributed by atoms with Crippen LogP contribution < -0.4 is 15.4 Å². The van der Waals surface area contributed by atoms with Crippen LogP contribution >= 0.6 is 11.6 Å². The molecule has 0 radical (unpaired) electrons. The number of carboxylic acids is 1. The van der Waals surface area contributed by atoms with Gasteiger partial charge >= 0.3 is 18.3 Å². The Morgan fingerprint density at radius 2 is 1.73 bits per heavy atom. The van der Waals surface area contributed by atoms with E-state index in [0.717, 1.165) is 12.1 Å². The van der Waals surface area contributed by atoms with Crippen molar-refractivity contribution >= 4 is 56.7 Å². The maximum absolute atomic E-state index is 13.5. The van der Waals surface area contributed by atoms with E-state index < -0.39 is 33.7 Å². The van der Waals surface area contributed by atoms with Gasteiger partial charge in [-0.3, -0.25) is 9.69 Å². The number of alkyl halides is 6. The van der Waals surface area contributed by atoms with Gasteiger partial charge in [0.2, 0.25) is 5.91 Å². The number of ether oxygens (including phenoxy) is 1. The average Bonchev–Trinajstić information content (AvgIpc) is 3.28. The molecule has 20 heteroatoms. The number of benzene rings is 2. The SMILES string of the molecule is CS(=O)(=O)CCN1CCN(C(=O)C2=Cc3c(ncnc3Nc3ccc(Oc4cccc(C(F)(F)F)c4)c(Cl)c3)NCC2)CC1.O=C(O)C(F)(F)F. The number of nitrogens with zero attached hydrogens (tertiary/aromatic N) is 4. The van der Waals surface area contributed by atoms with Crippen molar-refractivity contribution < 1.29 is 54.2 Å². The summed E-state index contributed by atoms with van der Waals surface area (Å²) in [5.41, 5.74) is 0.866. The number of halogens is 7. The van der Waals surface area contributed by atoms with E-state index in [1.54, 1.807) is 23.1 Å². The average molecular weight is 765 g/mol. The zero-order valence-electron chi connectivity index (χ0n) is 26.7. The molecule has 0 spiro atoms. The Bertz CT molecular complexity index is 1890. The van der Waals surface area contributed by atoms with Crippen LogP contribution in [0.5, 0.6) is 11.5 Å². The van der Waals surface area contributed by atoms with Crippen molar-refractivity contribution in [3.8, 4) is 11.5 Å². The molecule has 0 unspecified atom stereocenters. The van der Waals surface area contributed by atoms with Crippen LogP contribution in [0.15, 0.2) is 54.4 Å². The fourth-order valence-corrected chi connectivity index (χ4v) is 5.65. The minimum absolute atomic E-state index is 0.00715. The number of rotatable bonds is 8. The highest BCUT2D eigenvalue weighted by Crippen LogP contribution is 2.37. The molecule has 51 heavy (non-hydrogen) atoms. The molecule has 12 nitrogen and oxygen atoms in total. The Kier molecular flexibility index (Phi) is 12.4. The third-order valence-electron chi connectivity index (χ3n) is 7.43. The standard InChI is InChI=1S/C29H30ClF3N6O4S.C2HF3O2/c1-44(41,42)14-13-38-9-11-39(12-10-38)28(40)19-7-8-34-26-23(15-19)27(36-18-35-26)37-21-5-6-25(24(30)17-21)43-22-4-2-3-20(16-22)29(31,32)33;3-2(4,5)1(6)7/h2-6,15-18H,7-14H2,1H3,(H2,34,35,36,37);(H,6,7). The molecule has 0 atom stereocenters. The second-order valence-electron chi connectivity index (χ2n) is 11.3. The lowest BCUT2D eigenvalue weighted by molar-refractivity contribution is -0.192. The van der Waals surface area contributed by atoms with Crippen molar-refractivity contribution in [3.63, 3.8) is 0 Å². The summed E-state index contributed by atoms with van der Waals surface area (Å²) in [7, 11) is -3.06. The highest BCUT2D eigenvalue weighted by atomic mass is 35.5. The number of sulfone groups is 1. The van der Waals surface area contributed by atoms with Crippen LogP contribution in [0.3, 0.4) is 0 Å². The third kappa shape index (κ3) is 11.4. The summed E-state index contributed by atoms with van der Waals surface area (Å²) in [4.78, 5) is 34.9. The number of nitrogens with one attached hydrogen (secondary N) is 2. The fraction of sp³-hybridized carbons (Fsp3) is 0.355. The predicted octanol–water partition coefficient (Wildman–Crippen LogP) is 5.71. The summed E-state index contributed by atoms with van der Waals surface area (Å²) in [6, 6.07) is 9.25. The summed E-state index contributed by atoms with van der Waals surface area (Å²) >= 11 is 6.42. The molecule has 1 aromatic heterocycles. The number of carbonyl (C=O) groups is 2. The van der Waals surface area contributed by atoms with E-state index in [1.807, 2.05) is 4.90 Å². The Hall–Kier alpha value is -4.62. The van der Waals surface area contributed by atoms with Gasteiger partial charge < -0.3 is 25.4 Å². The van der Waals surface area contributed by atoms with E-state index in [4.69, 9.17) is 26.2 Å². The summed E-state index contributed by atoms with van der Waals surface area (Å²) < 4.78 is 99.6. The van der Waals surface area contributed by atoms with Crippen molar-refractivity contribution in [1.29, 1.82) is 0 Å². The number of aromatic nitrogens is 2. The van der Waals surface area contributed by atoms with Crippen LogP contribution in [0, 0.1) is 0 Å². The molecule has 2 aromatic carbocycles. The Morgan fingerprint density at radius 1 is 1.04 bits per heavy atom. The topological polar surface area (TPSA) is 154 Å². The molecule has 1 fully saturated rings. The first-order chi connectivity index (χ1) is 23.8. The lowest BCUT2D eigenvalue weighted by Gasteiger charge is -2.35. The van der Waals surface area contributed by atoms with Crippen LogP contribution in [0.4, 0.5) is 43.7 Å². The van der Waals surface area contributed by atoms with Crippen molar-refractivity contribution in [2.45, 2.75) is 18.8 Å². The molecule has 5 rings (SSSR count). The number of hydrogen-bond acceptors (Lipinski definition) is 10. The molecule has 1 saturated heterocycles. The van der Waals surface area contributed by atoms with Crippen molar-refractivity contribution in [3.05, 3.63) is 70.5 Å². The van der Waals surface area contributed by atoms with Gasteiger partial charge in [-0.1, -0.05) is 17.7 Å². The smallest absolute Gasteiger partial charge is 0.475 e. The van der Waals surface area contributed by atoms with Gasteiger partial charge in [-0.25, -0.2) is 23.2 Å². The predicted molar refractivity (Wildman–Crippen MR) is 176 cm³/mol. The summed E-state index contributed by atoms with van der Waals surface area (Å²) in [6.07, 6.45) is -4.75. The number of fused-ring (bicyclic) bond motifs is 1. The van der Waals surface area contributed by atoms with Gasteiger partial charge in [-0.15, -0.1) is 0 Å². The Balaban J connectivity index is 0.000000755. The van der Waals surface area contributed by atoms with Gasteiger partial charge in [0, 0.05) is 56.8 Å². The van der Waals surface area contributed by atoms with E-state index in [-0.39, 0.29) is 28.2 Å². The highest BCUT2D eigenvalue weighted by molar-refractivity contribution is 7.90. The minimum atomic E-state index is -5.08. The monoisotopic (exact) mass is 764 g/mol. The summed E-state index contributed by atoms with van der Waals surface area (Å²) in [6.45, 7) is 3.09. The molecule has 1 amide bonds. The molecule has 3 heterocycles. The van der Waals surface area contributed by atoms with Crippen LogP contribution in [-0.2, 0) is 25.6 Å². The molecular weight excluding hydrogens is 734 g/mol. The van der Waals surface area contributed by atoms with Crippen LogP contribution in [0.1, 0.15) is 17.5 Å². The molecule has 3 N–H and O–H groups in total. The number of amides is 1. The van der Waals surface area contributed by atoms with Gasteiger partial charge in [0.05, 0.1) is 21.9 Å². The molecule has 3 aromatic rings. The van der Waals surface area contributed by atoms with Crippen molar-refractivity contribution in [2.75, 3.05) is 61.9 Å². The summed E-state index contributed by atoms with van der Waals surface area (Å²) in [5, 5.41) is 13.7. The van der Waals surface area contributed by atoms with E-state index in [0.29, 0.717) is 74.1 Å². The summed E-state index contributed by atoms with van der Waals surface area (Å²) in [5.74, 6) is -1.64. The first-order valence-corrected chi connectivity index (χ1v) is 17.4. The molecule has 2 aliphatic heterocycles. The lowest BCUT2D eigenvalue weighted by Crippen LogP contribution is -2.50. The molecule has 0 saturated carbocycles.